The molecule has 4 bridgehead atoms. The number of hydrogen-bond acceptors (Lipinski definition) is 3. The number of likely N-dealkylation sites (N-methyl/N-ethyl adjacent to an activating group) is 2. The summed E-state index contributed by atoms with van der Waals surface area (Å²) in [4.78, 5) is 40.1. The van der Waals surface area contributed by atoms with E-state index >= 15 is 0 Å². The van der Waals surface area contributed by atoms with Gasteiger partial charge < -0.3 is 15.5 Å². The third-order valence-electron chi connectivity index (χ3n) is 7.14. The zero-order valence-corrected chi connectivity index (χ0v) is 17.9. The Hall–Kier alpha value is -1.59. The van der Waals surface area contributed by atoms with E-state index in [9.17, 15) is 14.4 Å². The molecule has 0 heterocycles. The van der Waals surface area contributed by atoms with Gasteiger partial charge in [-0.15, -0.1) is 0 Å². The molecule has 0 radical (unpaired) electrons. The molecule has 4 saturated carbocycles. The van der Waals surface area contributed by atoms with Gasteiger partial charge in [0.1, 0.15) is 6.04 Å². The average molecular weight is 392 g/mol. The Morgan fingerprint density at radius 3 is 1.96 bits per heavy atom. The Morgan fingerprint density at radius 2 is 1.54 bits per heavy atom. The van der Waals surface area contributed by atoms with E-state index in [1.165, 1.54) is 19.3 Å². The van der Waals surface area contributed by atoms with Gasteiger partial charge in [-0.05, 0) is 76.0 Å². The molecule has 6 heteroatoms. The zero-order valence-electron chi connectivity index (χ0n) is 17.9. The molecule has 2 N–H and O–H groups in total. The monoisotopic (exact) mass is 391 g/mol. The van der Waals surface area contributed by atoms with Gasteiger partial charge >= 0.3 is 0 Å². The summed E-state index contributed by atoms with van der Waals surface area (Å²) < 4.78 is 0. The third kappa shape index (κ3) is 4.20. The minimum atomic E-state index is -0.574. The molecule has 1 unspecified atom stereocenters. The summed E-state index contributed by atoms with van der Waals surface area (Å²) in [6.07, 6.45) is 6.82. The highest BCUT2D eigenvalue weighted by Gasteiger charge is 2.55. The standard InChI is InChI=1S/C22H37N3O3/c1-5-23-18(26)13-25(6-2)20(27)19(14(3)4)24-21(28)22-10-15-7-16(11-22)9-17(8-15)12-22/h14-17,19H,5-13H2,1-4H3,(H,23,26)(H,24,28). The van der Waals surface area contributed by atoms with E-state index in [1.54, 1.807) is 4.90 Å². The van der Waals surface area contributed by atoms with Gasteiger partial charge in [0.15, 0.2) is 0 Å². The minimum absolute atomic E-state index is 0.0198. The van der Waals surface area contributed by atoms with Crippen molar-refractivity contribution < 1.29 is 14.4 Å². The van der Waals surface area contributed by atoms with Gasteiger partial charge in [0.2, 0.25) is 17.7 Å². The molecule has 3 amide bonds. The fourth-order valence-corrected chi connectivity index (χ4v) is 6.17. The zero-order chi connectivity index (χ0) is 20.5. The van der Waals surface area contributed by atoms with Crippen molar-refractivity contribution in [3.8, 4) is 0 Å². The van der Waals surface area contributed by atoms with Crippen molar-refractivity contribution in [3.63, 3.8) is 0 Å². The summed E-state index contributed by atoms with van der Waals surface area (Å²) in [5.74, 6) is 1.82. The number of hydrogen-bond donors (Lipinski definition) is 2. The van der Waals surface area contributed by atoms with Crippen molar-refractivity contribution in [2.24, 2.45) is 29.1 Å². The lowest BCUT2D eigenvalue weighted by molar-refractivity contribution is -0.151. The molecule has 0 saturated heterocycles. The second kappa shape index (κ2) is 8.42. The summed E-state index contributed by atoms with van der Waals surface area (Å²) in [5.41, 5.74) is -0.265. The Labute approximate surface area is 169 Å². The summed E-state index contributed by atoms with van der Waals surface area (Å²) in [6, 6.07) is -0.574. The van der Waals surface area contributed by atoms with Crippen LogP contribution in [0.3, 0.4) is 0 Å². The van der Waals surface area contributed by atoms with Crippen molar-refractivity contribution >= 4 is 17.7 Å². The van der Waals surface area contributed by atoms with Gasteiger partial charge in [0, 0.05) is 18.5 Å². The maximum atomic E-state index is 13.4. The fourth-order valence-electron chi connectivity index (χ4n) is 6.17. The molecule has 4 aliphatic carbocycles. The molecule has 0 aromatic carbocycles. The molecular formula is C22H37N3O3. The Bertz CT molecular complexity index is 581. The van der Waals surface area contributed by atoms with Crippen LogP contribution in [-0.2, 0) is 14.4 Å². The molecule has 28 heavy (non-hydrogen) atoms. The van der Waals surface area contributed by atoms with Crippen LogP contribution in [0.15, 0.2) is 0 Å². The van der Waals surface area contributed by atoms with Crippen molar-refractivity contribution in [1.29, 1.82) is 0 Å². The number of carbonyl (C=O) groups is 3. The first-order valence-corrected chi connectivity index (χ1v) is 11.1. The predicted octanol–water partition coefficient (Wildman–Crippen LogP) is 2.33. The van der Waals surface area contributed by atoms with Crippen LogP contribution >= 0.6 is 0 Å². The van der Waals surface area contributed by atoms with E-state index < -0.39 is 6.04 Å². The lowest BCUT2D eigenvalue weighted by Gasteiger charge is -2.56. The van der Waals surface area contributed by atoms with Gasteiger partial charge in [-0.2, -0.15) is 0 Å². The largest absolute Gasteiger partial charge is 0.355 e. The highest BCUT2D eigenvalue weighted by atomic mass is 16.2. The molecular weight excluding hydrogens is 354 g/mol. The summed E-state index contributed by atoms with van der Waals surface area (Å²) >= 11 is 0. The number of nitrogens with one attached hydrogen (secondary N) is 2. The highest BCUT2D eigenvalue weighted by molar-refractivity contribution is 5.92. The first-order chi connectivity index (χ1) is 13.3. The van der Waals surface area contributed by atoms with E-state index in [4.69, 9.17) is 0 Å². The number of nitrogens with zero attached hydrogens (tertiary/aromatic N) is 1. The second-order valence-corrected chi connectivity index (χ2v) is 9.70. The van der Waals surface area contributed by atoms with Crippen LogP contribution in [0.5, 0.6) is 0 Å². The van der Waals surface area contributed by atoms with Gasteiger partial charge in [-0.25, -0.2) is 0 Å². The fraction of sp³-hybridized carbons (Fsp3) is 0.864. The normalized spacial score (nSPS) is 31.5. The summed E-state index contributed by atoms with van der Waals surface area (Å²) in [6.45, 7) is 8.69. The van der Waals surface area contributed by atoms with Gasteiger partial charge in [-0.3, -0.25) is 14.4 Å². The SMILES string of the molecule is CCNC(=O)CN(CC)C(=O)C(NC(=O)C12CC3CC(CC(C3)C1)C2)C(C)C. The first kappa shape index (κ1) is 21.1. The van der Waals surface area contributed by atoms with Crippen molar-refractivity contribution in [2.45, 2.75) is 72.3 Å². The number of amides is 3. The van der Waals surface area contributed by atoms with E-state index in [1.807, 2.05) is 27.7 Å². The highest BCUT2D eigenvalue weighted by Crippen LogP contribution is 2.60. The van der Waals surface area contributed by atoms with Crippen LogP contribution in [0.2, 0.25) is 0 Å². The Kier molecular flexibility index (Phi) is 6.35. The first-order valence-electron chi connectivity index (χ1n) is 11.1. The van der Waals surface area contributed by atoms with E-state index in [2.05, 4.69) is 10.6 Å². The molecule has 0 aromatic heterocycles. The van der Waals surface area contributed by atoms with E-state index in [-0.39, 0.29) is 35.6 Å². The molecule has 1 atom stereocenters. The van der Waals surface area contributed by atoms with Crippen LogP contribution in [-0.4, -0.2) is 48.3 Å². The molecule has 4 fully saturated rings. The molecule has 0 aliphatic heterocycles. The van der Waals surface area contributed by atoms with Gasteiger partial charge in [0.05, 0.1) is 6.54 Å². The van der Waals surface area contributed by atoms with Gasteiger partial charge in [0.25, 0.3) is 0 Å². The molecule has 6 nitrogen and oxygen atoms in total. The molecule has 4 rings (SSSR count). The number of rotatable bonds is 8. The van der Waals surface area contributed by atoms with Gasteiger partial charge in [-0.1, -0.05) is 13.8 Å². The molecule has 0 aromatic rings. The van der Waals surface area contributed by atoms with Crippen LogP contribution in [0.1, 0.15) is 66.2 Å². The maximum absolute atomic E-state index is 13.4. The second-order valence-electron chi connectivity index (χ2n) is 9.70. The minimum Gasteiger partial charge on any atom is -0.355 e. The van der Waals surface area contributed by atoms with E-state index in [0.717, 1.165) is 19.3 Å². The van der Waals surface area contributed by atoms with Crippen LogP contribution < -0.4 is 10.6 Å². The molecule has 0 spiro atoms. The lowest BCUT2D eigenvalue weighted by atomic mass is 9.49. The quantitative estimate of drug-likeness (QED) is 0.667. The predicted molar refractivity (Wildman–Crippen MR) is 108 cm³/mol. The lowest BCUT2D eigenvalue weighted by Crippen LogP contribution is -2.59. The van der Waals surface area contributed by atoms with Crippen molar-refractivity contribution in [3.05, 3.63) is 0 Å². The Morgan fingerprint density at radius 1 is 1.00 bits per heavy atom. The number of carbonyl (C=O) groups excluding carboxylic acids is 3. The Balaban J connectivity index is 1.69. The summed E-state index contributed by atoms with van der Waals surface area (Å²) in [7, 11) is 0. The van der Waals surface area contributed by atoms with Crippen LogP contribution in [0.4, 0.5) is 0 Å². The topological polar surface area (TPSA) is 78.5 Å². The molecule has 158 valence electrons. The van der Waals surface area contributed by atoms with Crippen LogP contribution in [0, 0.1) is 29.1 Å². The van der Waals surface area contributed by atoms with E-state index in [0.29, 0.717) is 30.8 Å². The maximum Gasteiger partial charge on any atom is 0.245 e. The molecule has 4 aliphatic rings. The van der Waals surface area contributed by atoms with Crippen molar-refractivity contribution in [1.82, 2.24) is 15.5 Å². The van der Waals surface area contributed by atoms with Crippen molar-refractivity contribution in [2.75, 3.05) is 19.6 Å². The van der Waals surface area contributed by atoms with Crippen LogP contribution in [0.25, 0.3) is 0 Å². The average Bonchev–Trinajstić information content (AvgIpc) is 2.62. The third-order valence-corrected chi connectivity index (χ3v) is 7.14. The smallest absolute Gasteiger partial charge is 0.245 e. The summed E-state index contributed by atoms with van der Waals surface area (Å²) in [5, 5.41) is 5.87.